The van der Waals surface area contributed by atoms with Gasteiger partial charge in [-0.3, -0.25) is 0 Å². The number of benzene rings is 8. The lowest BCUT2D eigenvalue weighted by Crippen LogP contribution is -2.28. The van der Waals surface area contributed by atoms with Crippen molar-refractivity contribution in [2.24, 2.45) is 0 Å². The van der Waals surface area contributed by atoms with Crippen molar-refractivity contribution in [3.05, 3.63) is 214 Å². The molecule has 0 radical (unpaired) electrons. The number of fused-ring (bicyclic) bond motifs is 20. The van der Waals surface area contributed by atoms with Crippen molar-refractivity contribution in [3.63, 3.8) is 0 Å². The zero-order chi connectivity index (χ0) is 31.2. The van der Waals surface area contributed by atoms with Crippen molar-refractivity contribution in [2.75, 3.05) is 0 Å². The summed E-state index contributed by atoms with van der Waals surface area (Å²) in [4.78, 5) is 0. The fraction of sp³-hybridized carbons (Fsp3) is 0.0417. The van der Waals surface area contributed by atoms with Gasteiger partial charge in [-0.25, -0.2) is 0 Å². The molecule has 0 nitrogen and oxygen atoms in total. The average molecular weight is 605 g/mol. The van der Waals surface area contributed by atoms with Gasteiger partial charge in [-0.1, -0.05) is 146 Å². The third kappa shape index (κ3) is 2.64. The van der Waals surface area contributed by atoms with Gasteiger partial charge in [-0.15, -0.1) is 0 Å². The molecule has 48 heavy (non-hydrogen) atoms. The minimum absolute atomic E-state index is 0.434. The van der Waals surface area contributed by atoms with E-state index in [1.165, 1.54) is 99.5 Å². The molecular formula is C48H28. The van der Waals surface area contributed by atoms with Crippen LogP contribution in [0.3, 0.4) is 0 Å². The zero-order valence-electron chi connectivity index (χ0n) is 26.2. The first-order chi connectivity index (χ1) is 23.8. The van der Waals surface area contributed by atoms with Gasteiger partial charge in [0.2, 0.25) is 0 Å². The summed E-state index contributed by atoms with van der Waals surface area (Å²) in [5.41, 5.74) is 18.6. The van der Waals surface area contributed by atoms with E-state index < -0.39 is 10.8 Å². The molecule has 12 rings (SSSR count). The van der Waals surface area contributed by atoms with Gasteiger partial charge < -0.3 is 0 Å². The van der Waals surface area contributed by atoms with Gasteiger partial charge in [0, 0.05) is 0 Å². The fourth-order valence-electron chi connectivity index (χ4n) is 10.4. The number of allylic oxidation sites excluding steroid dienone is 2. The van der Waals surface area contributed by atoms with Crippen molar-refractivity contribution in [2.45, 2.75) is 10.8 Å². The highest BCUT2D eigenvalue weighted by atomic mass is 14.6. The maximum absolute atomic E-state index is 2.51. The molecule has 8 aromatic carbocycles. The third-order valence-electron chi connectivity index (χ3n) is 12.0. The highest BCUT2D eigenvalue weighted by molar-refractivity contribution is 6.20. The van der Waals surface area contributed by atoms with E-state index in [1.807, 2.05) is 0 Å². The van der Waals surface area contributed by atoms with Crippen LogP contribution in [0.15, 0.2) is 170 Å². The molecule has 0 heterocycles. The Kier molecular flexibility index (Phi) is 4.44. The van der Waals surface area contributed by atoms with Crippen molar-refractivity contribution < 1.29 is 0 Å². The fourth-order valence-corrected chi connectivity index (χ4v) is 10.4. The number of hydrogen-bond donors (Lipinski definition) is 0. The molecule has 4 aliphatic rings. The second-order valence-electron chi connectivity index (χ2n) is 13.9. The van der Waals surface area contributed by atoms with E-state index >= 15 is 0 Å². The molecule has 0 fully saturated rings. The molecule has 2 unspecified atom stereocenters. The van der Waals surface area contributed by atoms with Gasteiger partial charge in [-0.2, -0.15) is 0 Å². The van der Waals surface area contributed by atoms with E-state index in [-0.39, 0.29) is 0 Å². The molecule has 0 aromatic heterocycles. The van der Waals surface area contributed by atoms with Crippen molar-refractivity contribution in [1.82, 2.24) is 0 Å². The lowest BCUT2D eigenvalue weighted by molar-refractivity contribution is 0.827. The highest BCUT2D eigenvalue weighted by Crippen LogP contribution is 2.74. The molecule has 0 N–H and O–H groups in total. The normalized spacial score (nSPS) is 20.2. The lowest BCUT2D eigenvalue weighted by atomic mass is 9.66. The van der Waals surface area contributed by atoms with Gasteiger partial charge in [0.05, 0.1) is 10.8 Å². The summed E-state index contributed by atoms with van der Waals surface area (Å²) in [6.45, 7) is 0. The molecule has 0 saturated heterocycles. The molecule has 0 heteroatoms. The van der Waals surface area contributed by atoms with E-state index in [9.17, 15) is 0 Å². The van der Waals surface area contributed by atoms with Crippen LogP contribution in [0, 0.1) is 0 Å². The average Bonchev–Trinajstić information content (AvgIpc) is 3.82. The predicted octanol–water partition coefficient (Wildman–Crippen LogP) is 11.6. The van der Waals surface area contributed by atoms with E-state index in [4.69, 9.17) is 0 Å². The molecule has 4 aliphatic carbocycles. The Morgan fingerprint density at radius 3 is 0.917 bits per heavy atom. The van der Waals surface area contributed by atoms with E-state index in [0.717, 1.165) is 0 Å². The minimum Gasteiger partial charge on any atom is -0.0619 e. The SMILES string of the molecule is c1ccc2c(c1)C1=C(c3ccccc3C13c1ccccc1-c1cc4ccccc4cc13)C21c2ccccc2-c2cc3ccccc3cc21. The molecule has 0 aliphatic heterocycles. The quantitative estimate of drug-likeness (QED) is 0.162. The Morgan fingerprint density at radius 1 is 0.229 bits per heavy atom. The predicted molar refractivity (Wildman–Crippen MR) is 198 cm³/mol. The smallest absolute Gasteiger partial charge is 0.0619 e. The van der Waals surface area contributed by atoms with Crippen LogP contribution in [0.5, 0.6) is 0 Å². The second-order valence-corrected chi connectivity index (χ2v) is 13.9. The van der Waals surface area contributed by atoms with Gasteiger partial charge >= 0.3 is 0 Å². The summed E-state index contributed by atoms with van der Waals surface area (Å²) in [6.07, 6.45) is 0. The first kappa shape index (κ1) is 25.2. The molecule has 0 bridgehead atoms. The van der Waals surface area contributed by atoms with Crippen molar-refractivity contribution in [1.29, 1.82) is 0 Å². The van der Waals surface area contributed by atoms with Gasteiger partial charge in [0.25, 0.3) is 0 Å². The van der Waals surface area contributed by atoms with Crippen LogP contribution in [0.2, 0.25) is 0 Å². The molecule has 8 aromatic rings. The van der Waals surface area contributed by atoms with Crippen LogP contribution < -0.4 is 0 Å². The van der Waals surface area contributed by atoms with Gasteiger partial charge in [0.1, 0.15) is 0 Å². The van der Waals surface area contributed by atoms with Crippen LogP contribution >= 0.6 is 0 Å². The monoisotopic (exact) mass is 604 g/mol. The van der Waals surface area contributed by atoms with Crippen LogP contribution in [0.1, 0.15) is 44.5 Å². The minimum atomic E-state index is -0.434. The van der Waals surface area contributed by atoms with E-state index in [2.05, 4.69) is 170 Å². The molecular weight excluding hydrogens is 577 g/mol. The topological polar surface area (TPSA) is 0 Å². The largest absolute Gasteiger partial charge is 0.0728 e. The number of rotatable bonds is 0. The zero-order valence-corrected chi connectivity index (χ0v) is 26.2. The van der Waals surface area contributed by atoms with E-state index in [1.54, 1.807) is 0 Å². The number of hydrogen-bond acceptors (Lipinski definition) is 0. The summed E-state index contributed by atoms with van der Waals surface area (Å²) < 4.78 is 0. The van der Waals surface area contributed by atoms with Crippen molar-refractivity contribution in [3.8, 4) is 22.3 Å². The Bertz CT molecular complexity index is 2600. The molecule has 0 amide bonds. The molecule has 220 valence electrons. The molecule has 2 spiro atoms. The van der Waals surface area contributed by atoms with Crippen LogP contribution in [-0.2, 0) is 10.8 Å². The first-order valence-electron chi connectivity index (χ1n) is 17.0. The molecule has 0 saturated carbocycles. The van der Waals surface area contributed by atoms with Crippen LogP contribution in [-0.4, -0.2) is 0 Å². The molecule has 2 atom stereocenters. The Balaban J connectivity index is 1.32. The summed E-state index contributed by atoms with van der Waals surface area (Å²) in [6, 6.07) is 64.8. The lowest BCUT2D eigenvalue weighted by Gasteiger charge is -2.34. The highest BCUT2D eigenvalue weighted by Gasteiger charge is 2.63. The van der Waals surface area contributed by atoms with Gasteiger partial charge in [0.15, 0.2) is 0 Å². The van der Waals surface area contributed by atoms with E-state index in [0.29, 0.717) is 0 Å². The Morgan fingerprint density at radius 2 is 0.521 bits per heavy atom. The van der Waals surface area contributed by atoms with Crippen LogP contribution in [0.25, 0.3) is 54.9 Å². The third-order valence-corrected chi connectivity index (χ3v) is 12.0. The van der Waals surface area contributed by atoms with Gasteiger partial charge in [-0.05, 0) is 124 Å². The first-order valence-corrected chi connectivity index (χ1v) is 17.0. The Labute approximate surface area is 279 Å². The Hall–Kier alpha value is -5.98. The maximum Gasteiger partial charge on any atom is 0.0728 e. The summed E-state index contributed by atoms with van der Waals surface area (Å²) in [5.74, 6) is 0. The summed E-state index contributed by atoms with van der Waals surface area (Å²) >= 11 is 0. The summed E-state index contributed by atoms with van der Waals surface area (Å²) in [7, 11) is 0. The van der Waals surface area contributed by atoms with Crippen molar-refractivity contribution >= 4 is 32.7 Å². The summed E-state index contributed by atoms with van der Waals surface area (Å²) in [5, 5.41) is 5.16. The standard InChI is InChI=1S/C48H28/c1-3-15-31-27-43-37(25-29(31)13-1)33-17-5-9-21-39(33)47(43)41-23-11-7-19-35(41)46-45(47)36-20-8-12-24-42(36)48(46)40-22-10-6-18-34(40)38-26-30-14-2-4-16-32(30)28-44(38)48/h1-28H. The second kappa shape index (κ2) is 8.48. The van der Waals surface area contributed by atoms with Crippen LogP contribution in [0.4, 0.5) is 0 Å². The maximum atomic E-state index is 2.51.